The lowest BCUT2D eigenvalue weighted by Gasteiger charge is -2.10. The zero-order valence-corrected chi connectivity index (χ0v) is 16.8. The molecule has 1 N–H and O–H groups in total. The molecule has 0 bridgehead atoms. The van der Waals surface area contributed by atoms with E-state index in [0.29, 0.717) is 6.42 Å². The van der Waals surface area contributed by atoms with E-state index in [9.17, 15) is 4.79 Å². The molecule has 0 saturated carbocycles. The minimum atomic E-state index is -0.391. The number of benzene rings is 2. The van der Waals surface area contributed by atoms with Gasteiger partial charge in [0.1, 0.15) is 6.04 Å². The number of amides is 1. The summed E-state index contributed by atoms with van der Waals surface area (Å²) < 4.78 is 2.27. The van der Waals surface area contributed by atoms with E-state index < -0.39 is 6.04 Å². The number of unbranched alkanes of at least 4 members (excludes halogenated alkanes) is 2. The van der Waals surface area contributed by atoms with Crippen LogP contribution < -0.4 is 5.32 Å². The SMILES string of the molecule is CCCC/C=N/[C@@H](Cc1cn(Cc2ccccc2)c2ccccc12)C(=O)NC. The lowest BCUT2D eigenvalue weighted by Crippen LogP contribution is -2.32. The Morgan fingerprint density at radius 1 is 1.14 bits per heavy atom. The third-order valence-electron chi connectivity index (χ3n) is 5.00. The fraction of sp³-hybridized carbons (Fsp3) is 0.333. The van der Waals surface area contributed by atoms with Crippen molar-refractivity contribution in [3.05, 3.63) is 71.9 Å². The lowest BCUT2D eigenvalue weighted by atomic mass is 10.0. The molecule has 4 heteroatoms. The molecule has 0 aliphatic rings. The molecule has 1 heterocycles. The van der Waals surface area contributed by atoms with Crippen molar-refractivity contribution in [3.63, 3.8) is 0 Å². The smallest absolute Gasteiger partial charge is 0.244 e. The quantitative estimate of drug-likeness (QED) is 0.431. The number of aromatic nitrogens is 1. The highest BCUT2D eigenvalue weighted by Gasteiger charge is 2.19. The van der Waals surface area contributed by atoms with Crippen LogP contribution in [-0.2, 0) is 17.8 Å². The van der Waals surface area contributed by atoms with Gasteiger partial charge in [-0.1, -0.05) is 61.9 Å². The highest BCUT2D eigenvalue weighted by atomic mass is 16.2. The second kappa shape index (κ2) is 9.88. The van der Waals surface area contributed by atoms with Gasteiger partial charge in [0.05, 0.1) is 0 Å². The number of likely N-dealkylation sites (N-methyl/N-ethyl adjacent to an activating group) is 1. The number of hydrogen-bond donors (Lipinski definition) is 1. The number of nitrogens with one attached hydrogen (secondary N) is 1. The number of nitrogens with zero attached hydrogens (tertiary/aromatic N) is 2. The van der Waals surface area contributed by atoms with Crippen LogP contribution in [0.2, 0.25) is 0 Å². The molecule has 0 saturated heterocycles. The van der Waals surface area contributed by atoms with Gasteiger partial charge >= 0.3 is 0 Å². The third-order valence-corrected chi connectivity index (χ3v) is 5.00. The normalized spacial score (nSPS) is 12.5. The molecule has 3 rings (SSSR count). The Morgan fingerprint density at radius 2 is 1.89 bits per heavy atom. The maximum Gasteiger partial charge on any atom is 0.244 e. The summed E-state index contributed by atoms with van der Waals surface area (Å²) in [7, 11) is 1.68. The van der Waals surface area contributed by atoms with Crippen molar-refractivity contribution >= 4 is 23.0 Å². The zero-order chi connectivity index (χ0) is 19.8. The number of carbonyl (C=O) groups excluding carboxylic acids is 1. The Labute approximate surface area is 167 Å². The Kier molecular flexibility index (Phi) is 7.01. The number of hydrogen-bond acceptors (Lipinski definition) is 2. The maximum atomic E-state index is 12.4. The molecule has 0 unspecified atom stereocenters. The van der Waals surface area contributed by atoms with E-state index in [1.54, 1.807) is 7.05 Å². The topological polar surface area (TPSA) is 46.4 Å². The fourth-order valence-electron chi connectivity index (χ4n) is 3.48. The molecule has 2 aromatic carbocycles. The van der Waals surface area contributed by atoms with Gasteiger partial charge in [-0.15, -0.1) is 0 Å². The van der Waals surface area contributed by atoms with Gasteiger partial charge in [-0.2, -0.15) is 0 Å². The zero-order valence-electron chi connectivity index (χ0n) is 16.8. The van der Waals surface area contributed by atoms with E-state index in [4.69, 9.17) is 0 Å². The van der Waals surface area contributed by atoms with Crippen LogP contribution in [0, 0.1) is 0 Å². The van der Waals surface area contributed by atoms with Gasteiger partial charge in [-0.05, 0) is 36.2 Å². The average molecular weight is 376 g/mol. The van der Waals surface area contributed by atoms with Gasteiger partial charge in [0.15, 0.2) is 0 Å². The van der Waals surface area contributed by atoms with Gasteiger partial charge in [0.25, 0.3) is 0 Å². The minimum Gasteiger partial charge on any atom is -0.357 e. The monoisotopic (exact) mass is 375 g/mol. The van der Waals surface area contributed by atoms with Gasteiger partial charge in [0.2, 0.25) is 5.91 Å². The minimum absolute atomic E-state index is 0.0346. The average Bonchev–Trinajstić information content (AvgIpc) is 3.08. The first-order valence-electron chi connectivity index (χ1n) is 10.1. The van der Waals surface area contributed by atoms with Crippen molar-refractivity contribution in [3.8, 4) is 0 Å². The number of rotatable bonds is 9. The highest BCUT2D eigenvalue weighted by Crippen LogP contribution is 2.24. The Balaban J connectivity index is 1.88. The van der Waals surface area contributed by atoms with Gasteiger partial charge < -0.3 is 9.88 Å². The van der Waals surface area contributed by atoms with Crippen LogP contribution >= 0.6 is 0 Å². The van der Waals surface area contributed by atoms with Gasteiger partial charge in [-0.3, -0.25) is 9.79 Å². The van der Waals surface area contributed by atoms with Crippen LogP contribution in [-0.4, -0.2) is 29.8 Å². The first-order chi connectivity index (χ1) is 13.7. The third kappa shape index (κ3) is 4.89. The Bertz CT molecular complexity index is 927. The predicted molar refractivity (Wildman–Crippen MR) is 117 cm³/mol. The van der Waals surface area contributed by atoms with Crippen LogP contribution in [0.3, 0.4) is 0 Å². The largest absolute Gasteiger partial charge is 0.357 e. The number of para-hydroxylation sites is 1. The molecule has 4 nitrogen and oxygen atoms in total. The van der Waals surface area contributed by atoms with Gasteiger partial charge in [0, 0.05) is 37.1 Å². The Hall–Kier alpha value is -2.88. The van der Waals surface area contributed by atoms with E-state index in [1.165, 1.54) is 16.5 Å². The second-order valence-corrected chi connectivity index (χ2v) is 7.09. The van der Waals surface area contributed by atoms with Crippen LogP contribution in [0.5, 0.6) is 0 Å². The summed E-state index contributed by atoms with van der Waals surface area (Å²) in [5.41, 5.74) is 3.61. The van der Waals surface area contributed by atoms with E-state index in [-0.39, 0.29) is 5.91 Å². The maximum absolute atomic E-state index is 12.4. The summed E-state index contributed by atoms with van der Waals surface area (Å²) >= 11 is 0. The summed E-state index contributed by atoms with van der Waals surface area (Å²) in [6.45, 7) is 2.97. The summed E-state index contributed by atoms with van der Waals surface area (Å²) in [6, 6.07) is 18.4. The van der Waals surface area contributed by atoms with Crippen molar-refractivity contribution < 1.29 is 4.79 Å². The molecule has 0 fully saturated rings. The molecule has 0 spiro atoms. The molecule has 1 amide bonds. The van der Waals surface area contributed by atoms with Crippen LogP contribution in [0.15, 0.2) is 65.8 Å². The van der Waals surface area contributed by atoms with E-state index >= 15 is 0 Å². The summed E-state index contributed by atoms with van der Waals surface area (Å²) in [4.78, 5) is 17.0. The van der Waals surface area contributed by atoms with Crippen molar-refractivity contribution in [1.29, 1.82) is 0 Å². The molecule has 1 aromatic heterocycles. The van der Waals surface area contributed by atoms with Crippen molar-refractivity contribution in [2.75, 3.05) is 7.05 Å². The summed E-state index contributed by atoms with van der Waals surface area (Å²) in [5, 5.41) is 3.95. The first-order valence-corrected chi connectivity index (χ1v) is 10.1. The number of fused-ring (bicyclic) bond motifs is 1. The van der Waals surface area contributed by atoms with Crippen molar-refractivity contribution in [1.82, 2.24) is 9.88 Å². The number of carbonyl (C=O) groups is 1. The lowest BCUT2D eigenvalue weighted by molar-refractivity contribution is -0.121. The van der Waals surface area contributed by atoms with E-state index in [0.717, 1.165) is 31.4 Å². The molecule has 146 valence electrons. The van der Waals surface area contributed by atoms with E-state index in [2.05, 4.69) is 76.5 Å². The van der Waals surface area contributed by atoms with Gasteiger partial charge in [-0.25, -0.2) is 0 Å². The molecule has 0 aliphatic heterocycles. The molecule has 0 radical (unpaired) electrons. The van der Waals surface area contributed by atoms with Crippen molar-refractivity contribution in [2.45, 2.75) is 45.2 Å². The molecular weight excluding hydrogens is 346 g/mol. The first kappa shape index (κ1) is 19.9. The molecular formula is C24H29N3O. The summed E-state index contributed by atoms with van der Waals surface area (Å²) in [6.07, 6.45) is 7.83. The van der Waals surface area contributed by atoms with Crippen LogP contribution in [0.1, 0.15) is 37.3 Å². The molecule has 1 atom stereocenters. The standard InChI is InChI=1S/C24H29N3O/c1-3-4-10-15-26-22(24(28)25-2)16-20-18-27(17-19-11-6-5-7-12-19)23-14-9-8-13-21(20)23/h5-9,11-15,18,22H,3-4,10,16-17H2,1-2H3,(H,25,28)/b26-15+/t22-/m0/s1. The number of aliphatic imine (C=N–C) groups is 1. The van der Waals surface area contributed by atoms with E-state index in [1.807, 2.05) is 12.3 Å². The predicted octanol–water partition coefficient (Wildman–Crippen LogP) is 4.61. The Morgan fingerprint density at radius 3 is 2.64 bits per heavy atom. The molecule has 3 aromatic rings. The summed E-state index contributed by atoms with van der Waals surface area (Å²) in [5.74, 6) is -0.0346. The highest BCUT2D eigenvalue weighted by molar-refractivity contribution is 5.87. The van der Waals surface area contributed by atoms with Crippen LogP contribution in [0.25, 0.3) is 10.9 Å². The molecule has 0 aliphatic carbocycles. The molecule has 28 heavy (non-hydrogen) atoms. The second-order valence-electron chi connectivity index (χ2n) is 7.09. The van der Waals surface area contributed by atoms with Crippen molar-refractivity contribution in [2.24, 2.45) is 4.99 Å². The fourth-order valence-corrected chi connectivity index (χ4v) is 3.48. The van der Waals surface area contributed by atoms with Crippen LogP contribution in [0.4, 0.5) is 0 Å².